The van der Waals surface area contributed by atoms with Gasteiger partial charge in [0.15, 0.2) is 12.7 Å². The van der Waals surface area contributed by atoms with E-state index in [1.165, 1.54) is 40.4 Å². The molecule has 5 rings (SSSR count). The molecule has 0 N–H and O–H groups in total. The van der Waals surface area contributed by atoms with E-state index in [9.17, 15) is 22.8 Å². The molecule has 196 valence electrons. The van der Waals surface area contributed by atoms with Crippen molar-refractivity contribution in [3.8, 4) is 0 Å². The zero-order valence-corrected chi connectivity index (χ0v) is 22.6. The lowest BCUT2D eigenvalue weighted by Gasteiger charge is -2.13. The number of aromatic nitrogens is 2. The third-order valence-electron chi connectivity index (χ3n) is 5.94. The fourth-order valence-electron chi connectivity index (χ4n) is 3.99. The van der Waals surface area contributed by atoms with Crippen molar-refractivity contribution in [1.29, 1.82) is 0 Å². The number of hydrogen-bond donors (Lipinski definition) is 0. The average Bonchev–Trinajstić information content (AvgIpc) is 3.56. The fourth-order valence-corrected chi connectivity index (χ4v) is 7.28. The van der Waals surface area contributed by atoms with Gasteiger partial charge in [0, 0.05) is 17.5 Å². The molecular formula is C26H21F3N3O3S3+. The van der Waals surface area contributed by atoms with Crippen LogP contribution in [0.25, 0.3) is 11.1 Å². The van der Waals surface area contributed by atoms with Crippen molar-refractivity contribution in [2.24, 2.45) is 0 Å². The van der Waals surface area contributed by atoms with Crippen molar-refractivity contribution in [3.63, 3.8) is 0 Å². The zero-order chi connectivity index (χ0) is 27.0. The molecule has 1 aliphatic rings. The molecule has 2 aromatic heterocycles. The van der Waals surface area contributed by atoms with Crippen molar-refractivity contribution in [2.75, 3.05) is 19.1 Å². The second-order valence-corrected chi connectivity index (χ2v) is 11.4. The van der Waals surface area contributed by atoms with E-state index in [1.54, 1.807) is 11.9 Å². The molecular weight excluding hydrogens is 555 g/mol. The van der Waals surface area contributed by atoms with Crippen LogP contribution in [-0.2, 0) is 28.8 Å². The third-order valence-corrected chi connectivity index (χ3v) is 9.25. The minimum atomic E-state index is -4.47. The first-order valence-electron chi connectivity index (χ1n) is 11.3. The van der Waals surface area contributed by atoms with E-state index in [-0.39, 0.29) is 6.54 Å². The number of anilines is 1. The van der Waals surface area contributed by atoms with E-state index in [0.717, 1.165) is 34.5 Å². The van der Waals surface area contributed by atoms with Crippen molar-refractivity contribution < 1.29 is 27.3 Å². The highest BCUT2D eigenvalue weighted by molar-refractivity contribution is 8.08. The van der Waals surface area contributed by atoms with Crippen LogP contribution in [0.5, 0.6) is 0 Å². The predicted molar refractivity (Wildman–Crippen MR) is 143 cm³/mol. The highest BCUT2D eigenvalue weighted by Gasteiger charge is 2.33. The lowest BCUT2D eigenvalue weighted by atomic mass is 10.2. The molecule has 0 bridgehead atoms. The number of hydrogen-bond acceptors (Lipinski definition) is 7. The van der Waals surface area contributed by atoms with E-state index in [0.29, 0.717) is 31.4 Å². The molecule has 0 unspecified atom stereocenters. The summed E-state index contributed by atoms with van der Waals surface area (Å²) in [5.41, 5.74) is 0.535. The Bertz CT molecular complexity index is 1690. The number of nitrogens with zero attached hydrogens (tertiary/aromatic N) is 3. The number of thioether (sulfide) groups is 1. The molecule has 1 aliphatic heterocycles. The van der Waals surface area contributed by atoms with Gasteiger partial charge < -0.3 is 9.64 Å². The van der Waals surface area contributed by atoms with Crippen molar-refractivity contribution in [2.45, 2.75) is 24.2 Å². The number of halogens is 3. The highest BCUT2D eigenvalue weighted by atomic mass is 32.2. The number of carbonyl (C=O) groups is 1. The summed E-state index contributed by atoms with van der Waals surface area (Å²) in [6, 6.07) is 13.5. The van der Waals surface area contributed by atoms with Gasteiger partial charge in [-0.1, -0.05) is 53.4 Å². The van der Waals surface area contributed by atoms with Crippen LogP contribution < -0.4 is 24.2 Å². The minimum Gasteiger partial charge on any atom is -0.468 e. The first-order valence-corrected chi connectivity index (χ1v) is 13.8. The SMILES string of the molecule is COC(=O)Cn1c(=O)/c(=C2\Sc3cc(C(F)(F)F)ccc3N2C)s/c1=C\c1scc[n+]1Cc1ccccc1. The van der Waals surface area contributed by atoms with Gasteiger partial charge in [-0.2, -0.15) is 17.7 Å². The number of fused-ring (bicyclic) bond motifs is 1. The number of esters is 1. The number of ether oxygens (including phenoxy) is 1. The Morgan fingerprint density at radius 2 is 1.92 bits per heavy atom. The second kappa shape index (κ2) is 10.4. The zero-order valence-electron chi connectivity index (χ0n) is 20.2. The Morgan fingerprint density at radius 3 is 2.63 bits per heavy atom. The largest absolute Gasteiger partial charge is 0.468 e. The standard InChI is InChI=1S/C26H21F3N3O3S3/c1-30-18-9-8-17(26(27,28)29)12-19(18)37-25(30)23-24(34)32(15-22(33)35-2)21(38-23)13-20-31(10-11-36-20)14-16-6-4-3-5-7-16/h3-13H,14-15H2,1-2H3/q+1/b25-23+. The van der Waals surface area contributed by atoms with E-state index >= 15 is 0 Å². The normalized spacial score (nSPS) is 15.2. The molecule has 0 aliphatic carbocycles. The molecule has 0 amide bonds. The maximum absolute atomic E-state index is 13.6. The Balaban J connectivity index is 1.63. The van der Waals surface area contributed by atoms with Crippen molar-refractivity contribution in [1.82, 2.24) is 4.57 Å². The molecule has 0 spiro atoms. The lowest BCUT2D eigenvalue weighted by Crippen LogP contribution is -2.37. The highest BCUT2D eigenvalue weighted by Crippen LogP contribution is 2.47. The van der Waals surface area contributed by atoms with E-state index in [2.05, 4.69) is 0 Å². The summed E-state index contributed by atoms with van der Waals surface area (Å²) in [4.78, 5) is 27.9. The first-order chi connectivity index (χ1) is 18.2. The van der Waals surface area contributed by atoms with Crippen LogP contribution in [0.15, 0.2) is 69.8 Å². The van der Waals surface area contributed by atoms with Crippen LogP contribution in [0.3, 0.4) is 0 Å². The summed E-state index contributed by atoms with van der Waals surface area (Å²) in [5.74, 6) is -0.579. The molecule has 0 radical (unpaired) electrons. The van der Waals surface area contributed by atoms with Gasteiger partial charge in [-0.25, -0.2) is 0 Å². The Hall–Kier alpha value is -3.35. The van der Waals surface area contributed by atoms with Crippen LogP contribution in [0, 0.1) is 0 Å². The summed E-state index contributed by atoms with van der Waals surface area (Å²) in [6.07, 6.45) is -0.669. The van der Waals surface area contributed by atoms with Crippen LogP contribution >= 0.6 is 34.4 Å². The monoisotopic (exact) mass is 576 g/mol. The second-order valence-electron chi connectivity index (χ2n) is 8.38. The molecule has 0 saturated heterocycles. The topological polar surface area (TPSA) is 55.4 Å². The molecule has 4 aromatic rings. The Morgan fingerprint density at radius 1 is 1.16 bits per heavy atom. The van der Waals surface area contributed by atoms with E-state index in [1.807, 2.05) is 52.6 Å². The van der Waals surface area contributed by atoms with E-state index < -0.39 is 23.3 Å². The van der Waals surface area contributed by atoms with Gasteiger partial charge >= 0.3 is 12.1 Å². The lowest BCUT2D eigenvalue weighted by molar-refractivity contribution is -0.685. The van der Waals surface area contributed by atoms with Crippen LogP contribution in [0.1, 0.15) is 16.1 Å². The van der Waals surface area contributed by atoms with Gasteiger partial charge in [0.2, 0.25) is 0 Å². The van der Waals surface area contributed by atoms with Crippen LogP contribution in [0.4, 0.5) is 18.9 Å². The summed E-state index contributed by atoms with van der Waals surface area (Å²) in [6.45, 7) is 0.344. The summed E-state index contributed by atoms with van der Waals surface area (Å²) < 4.78 is 48.9. The third kappa shape index (κ3) is 5.16. The smallest absolute Gasteiger partial charge is 0.416 e. The van der Waals surface area contributed by atoms with Gasteiger partial charge in [-0.3, -0.25) is 14.2 Å². The van der Waals surface area contributed by atoms with Gasteiger partial charge in [0.1, 0.15) is 20.8 Å². The number of thiazole rings is 2. The molecule has 38 heavy (non-hydrogen) atoms. The Kier molecular flexibility index (Phi) is 7.21. The molecule has 12 heteroatoms. The number of benzene rings is 2. The molecule has 0 saturated carbocycles. The number of methoxy groups -OCH3 is 1. The van der Waals surface area contributed by atoms with E-state index in [4.69, 9.17) is 4.74 Å². The molecule has 0 atom stereocenters. The average molecular weight is 577 g/mol. The maximum Gasteiger partial charge on any atom is 0.416 e. The van der Waals surface area contributed by atoms with Crippen LogP contribution in [0.2, 0.25) is 0 Å². The summed E-state index contributed by atoms with van der Waals surface area (Å²) >= 11 is 3.79. The quantitative estimate of drug-likeness (QED) is 0.268. The molecule has 3 heterocycles. The van der Waals surface area contributed by atoms with Crippen molar-refractivity contribution in [3.05, 3.63) is 95.8 Å². The molecule has 2 aromatic carbocycles. The van der Waals surface area contributed by atoms with Gasteiger partial charge in [-0.05, 0) is 18.2 Å². The minimum absolute atomic E-state index is 0.283. The fraction of sp³-hybridized carbons (Fsp3) is 0.192. The van der Waals surface area contributed by atoms with Crippen molar-refractivity contribution >= 4 is 57.2 Å². The number of alkyl halides is 3. The maximum atomic E-state index is 13.6. The molecule has 6 nitrogen and oxygen atoms in total. The summed E-state index contributed by atoms with van der Waals surface area (Å²) in [5, 5.41) is 3.32. The number of rotatable bonds is 5. The predicted octanol–water partition coefficient (Wildman–Crippen LogP) is 3.64. The Labute approximate surface area is 227 Å². The first kappa shape index (κ1) is 26.3. The summed E-state index contributed by atoms with van der Waals surface area (Å²) in [7, 11) is 2.96. The number of carbonyl (C=O) groups excluding carboxylic acids is 1. The molecule has 0 fully saturated rings. The van der Waals surface area contributed by atoms with Gasteiger partial charge in [0.25, 0.3) is 10.6 Å². The van der Waals surface area contributed by atoms with Gasteiger partial charge in [0.05, 0.1) is 29.8 Å². The van der Waals surface area contributed by atoms with Gasteiger partial charge in [-0.15, -0.1) is 11.3 Å². The van der Waals surface area contributed by atoms with Crippen LogP contribution in [-0.4, -0.2) is 24.7 Å².